The molecule has 0 amide bonds. The largest absolute Gasteiger partial charge is 0.416 e. The fourth-order valence-corrected chi connectivity index (χ4v) is 4.76. The van der Waals surface area contributed by atoms with Gasteiger partial charge >= 0.3 is 6.18 Å². The summed E-state index contributed by atoms with van der Waals surface area (Å²) in [6, 6.07) is 16.2. The highest BCUT2D eigenvalue weighted by atomic mass is 19.4. The molecule has 3 aromatic rings. The van der Waals surface area contributed by atoms with Gasteiger partial charge in [0.15, 0.2) is 0 Å². The second-order valence-electron chi connectivity index (χ2n) is 9.09. The van der Waals surface area contributed by atoms with Gasteiger partial charge in [0, 0.05) is 43.6 Å². The average molecular weight is 459 g/mol. The number of rotatable bonds is 8. The van der Waals surface area contributed by atoms with Gasteiger partial charge in [-0.25, -0.2) is 4.39 Å². The highest BCUT2D eigenvalue weighted by Gasteiger charge is 2.30. The van der Waals surface area contributed by atoms with Crippen LogP contribution in [-0.4, -0.2) is 16.0 Å². The van der Waals surface area contributed by atoms with E-state index in [4.69, 9.17) is 0 Å². The Hall–Kier alpha value is -2.60. The number of alkyl halides is 3. The molecule has 176 valence electrons. The molecular formula is C27H30F4N2. The first kappa shape index (κ1) is 23.6. The quantitative estimate of drug-likeness (QED) is 0.322. The van der Waals surface area contributed by atoms with E-state index in [1.807, 2.05) is 30.5 Å². The Morgan fingerprint density at radius 1 is 0.848 bits per heavy atom. The van der Waals surface area contributed by atoms with Crippen molar-refractivity contribution in [2.45, 2.75) is 57.9 Å². The van der Waals surface area contributed by atoms with Crippen LogP contribution < -0.4 is 0 Å². The molecule has 1 aromatic heterocycles. The summed E-state index contributed by atoms with van der Waals surface area (Å²) in [5.41, 5.74) is 1.94. The molecule has 1 saturated carbocycles. The molecular weight excluding hydrogens is 428 g/mol. The van der Waals surface area contributed by atoms with Gasteiger partial charge in [0.1, 0.15) is 5.82 Å². The lowest BCUT2D eigenvalue weighted by molar-refractivity contribution is -0.137. The van der Waals surface area contributed by atoms with Gasteiger partial charge in [-0.05, 0) is 54.7 Å². The number of hydrogen-bond acceptors (Lipinski definition) is 1. The summed E-state index contributed by atoms with van der Waals surface area (Å²) in [5, 5.41) is 0. The van der Waals surface area contributed by atoms with Gasteiger partial charge in [-0.15, -0.1) is 0 Å². The van der Waals surface area contributed by atoms with Crippen LogP contribution in [0.2, 0.25) is 0 Å². The molecule has 0 bridgehead atoms. The van der Waals surface area contributed by atoms with Gasteiger partial charge in [0.05, 0.1) is 5.56 Å². The third kappa shape index (κ3) is 6.47. The lowest BCUT2D eigenvalue weighted by atomic mass is 9.89. The highest BCUT2D eigenvalue weighted by Crippen LogP contribution is 2.29. The van der Waals surface area contributed by atoms with Gasteiger partial charge in [-0.2, -0.15) is 13.2 Å². The molecule has 1 fully saturated rings. The van der Waals surface area contributed by atoms with E-state index in [0.29, 0.717) is 31.1 Å². The van der Waals surface area contributed by atoms with E-state index in [-0.39, 0.29) is 5.82 Å². The molecule has 1 aliphatic carbocycles. The van der Waals surface area contributed by atoms with Crippen molar-refractivity contribution in [1.82, 2.24) is 9.47 Å². The Morgan fingerprint density at radius 2 is 1.58 bits per heavy atom. The van der Waals surface area contributed by atoms with E-state index in [1.54, 1.807) is 6.07 Å². The Kier molecular flexibility index (Phi) is 7.53. The molecule has 0 atom stereocenters. The summed E-state index contributed by atoms with van der Waals surface area (Å²) in [5.74, 6) is 0.426. The smallest absolute Gasteiger partial charge is 0.346 e. The van der Waals surface area contributed by atoms with Crippen molar-refractivity contribution in [2.24, 2.45) is 5.92 Å². The normalized spacial score (nSPS) is 15.3. The minimum absolute atomic E-state index is 0.189. The summed E-state index contributed by atoms with van der Waals surface area (Å²) in [6.45, 7) is 2.62. The van der Waals surface area contributed by atoms with Crippen molar-refractivity contribution in [3.05, 3.63) is 95.1 Å². The van der Waals surface area contributed by atoms with Crippen LogP contribution in [0.25, 0.3) is 0 Å². The molecule has 6 heteroatoms. The van der Waals surface area contributed by atoms with E-state index in [9.17, 15) is 17.6 Å². The third-order valence-electron chi connectivity index (χ3n) is 6.54. The fraction of sp³-hybridized carbons (Fsp3) is 0.407. The Balaban J connectivity index is 1.49. The lowest BCUT2D eigenvalue weighted by Gasteiger charge is -2.30. The van der Waals surface area contributed by atoms with Crippen LogP contribution in [0, 0.1) is 11.7 Å². The minimum atomic E-state index is -4.33. The van der Waals surface area contributed by atoms with Crippen LogP contribution in [0.4, 0.5) is 17.6 Å². The zero-order valence-electron chi connectivity index (χ0n) is 18.7. The van der Waals surface area contributed by atoms with Crippen molar-refractivity contribution in [3.8, 4) is 0 Å². The predicted molar refractivity (Wildman–Crippen MR) is 122 cm³/mol. The van der Waals surface area contributed by atoms with E-state index in [2.05, 4.69) is 9.47 Å². The molecule has 1 heterocycles. The first-order chi connectivity index (χ1) is 15.9. The summed E-state index contributed by atoms with van der Waals surface area (Å²) in [7, 11) is 0. The van der Waals surface area contributed by atoms with Gasteiger partial charge in [0.25, 0.3) is 0 Å². The molecule has 0 saturated heterocycles. The second-order valence-corrected chi connectivity index (χ2v) is 9.09. The summed E-state index contributed by atoms with van der Waals surface area (Å²) < 4.78 is 55.0. The molecule has 0 spiro atoms. The Labute approximate surface area is 192 Å². The molecule has 1 aliphatic rings. The third-order valence-corrected chi connectivity index (χ3v) is 6.54. The minimum Gasteiger partial charge on any atom is -0.346 e. The Morgan fingerprint density at radius 3 is 2.27 bits per heavy atom. The molecule has 0 aliphatic heterocycles. The fourth-order valence-electron chi connectivity index (χ4n) is 4.76. The average Bonchev–Trinajstić information content (AvgIpc) is 3.22. The van der Waals surface area contributed by atoms with Crippen LogP contribution in [0.15, 0.2) is 66.9 Å². The molecule has 4 rings (SSSR count). The van der Waals surface area contributed by atoms with Crippen LogP contribution in [-0.2, 0) is 25.8 Å². The number of benzene rings is 2. The zero-order valence-corrected chi connectivity index (χ0v) is 18.7. The van der Waals surface area contributed by atoms with Gasteiger partial charge in [-0.1, -0.05) is 49.6 Å². The molecule has 2 nitrogen and oxygen atoms in total. The van der Waals surface area contributed by atoms with Crippen molar-refractivity contribution < 1.29 is 17.6 Å². The maximum Gasteiger partial charge on any atom is 0.416 e. The topological polar surface area (TPSA) is 8.17 Å². The van der Waals surface area contributed by atoms with Crippen molar-refractivity contribution in [3.63, 3.8) is 0 Å². The van der Waals surface area contributed by atoms with Crippen molar-refractivity contribution >= 4 is 0 Å². The monoisotopic (exact) mass is 458 g/mol. The SMILES string of the molecule is Fc1ccccc1CN(Cc1cccn1Cc1ccc(C(F)(F)F)cc1)CC1CCCCC1. The zero-order chi connectivity index (χ0) is 23.3. The number of nitrogens with zero attached hydrogens (tertiary/aromatic N) is 2. The molecule has 0 N–H and O–H groups in total. The summed E-state index contributed by atoms with van der Waals surface area (Å²) >= 11 is 0. The van der Waals surface area contributed by atoms with Crippen LogP contribution in [0.3, 0.4) is 0 Å². The predicted octanol–water partition coefficient (Wildman–Crippen LogP) is 7.28. The highest BCUT2D eigenvalue weighted by molar-refractivity contribution is 5.25. The standard InChI is InChI=1S/C27H30F4N2/c28-26-11-5-4-9-23(26)19-32(17-21-7-2-1-3-8-21)20-25-10-6-16-33(25)18-22-12-14-24(15-13-22)27(29,30)31/h4-6,9-16,21H,1-3,7-8,17-20H2. The van der Waals surface area contributed by atoms with Crippen molar-refractivity contribution in [1.29, 1.82) is 0 Å². The number of hydrogen-bond donors (Lipinski definition) is 0. The lowest BCUT2D eigenvalue weighted by Crippen LogP contribution is -2.31. The van der Waals surface area contributed by atoms with E-state index in [1.165, 1.54) is 50.3 Å². The number of aromatic nitrogens is 1. The summed E-state index contributed by atoms with van der Waals surface area (Å²) in [4.78, 5) is 2.31. The maximum absolute atomic E-state index is 14.4. The van der Waals surface area contributed by atoms with E-state index in [0.717, 1.165) is 29.9 Å². The van der Waals surface area contributed by atoms with Gasteiger partial charge < -0.3 is 4.57 Å². The Bertz CT molecular complexity index is 1020. The first-order valence-corrected chi connectivity index (χ1v) is 11.6. The maximum atomic E-state index is 14.4. The van der Waals surface area contributed by atoms with Crippen LogP contribution >= 0.6 is 0 Å². The van der Waals surface area contributed by atoms with Gasteiger partial charge in [-0.3, -0.25) is 4.90 Å². The van der Waals surface area contributed by atoms with E-state index < -0.39 is 11.7 Å². The van der Waals surface area contributed by atoms with E-state index >= 15 is 0 Å². The van der Waals surface area contributed by atoms with Crippen LogP contribution in [0.1, 0.15) is 54.5 Å². The first-order valence-electron chi connectivity index (χ1n) is 11.6. The van der Waals surface area contributed by atoms with Gasteiger partial charge in [0.2, 0.25) is 0 Å². The molecule has 33 heavy (non-hydrogen) atoms. The molecule has 2 aromatic carbocycles. The van der Waals surface area contributed by atoms with Crippen LogP contribution in [0.5, 0.6) is 0 Å². The van der Waals surface area contributed by atoms with Crippen molar-refractivity contribution in [2.75, 3.05) is 6.54 Å². The molecule has 0 radical (unpaired) electrons. The second kappa shape index (κ2) is 10.6. The number of halogens is 4. The molecule has 0 unspecified atom stereocenters. The summed E-state index contributed by atoms with van der Waals surface area (Å²) in [6.07, 6.45) is 3.84.